The van der Waals surface area contributed by atoms with Gasteiger partial charge in [0.15, 0.2) is 0 Å². The first-order chi connectivity index (χ1) is 30.0. The van der Waals surface area contributed by atoms with Gasteiger partial charge in [-0.15, -0.1) is 0 Å². The lowest BCUT2D eigenvalue weighted by Gasteiger charge is -2.58. The Balaban J connectivity index is 1.27. The van der Waals surface area contributed by atoms with Crippen LogP contribution in [0.1, 0.15) is 228 Å². The fourth-order valence-electron chi connectivity index (χ4n) is 13.2. The van der Waals surface area contributed by atoms with Crippen LogP contribution in [-0.4, -0.2) is 63.7 Å². The zero-order chi connectivity index (χ0) is 44.6. The summed E-state index contributed by atoms with van der Waals surface area (Å²) < 4.78 is 19.8. The van der Waals surface area contributed by atoms with Crippen molar-refractivity contribution in [3.05, 3.63) is 36.0 Å². The monoisotopic (exact) mass is 864 g/mol. The number of rotatable bonds is 34. The summed E-state index contributed by atoms with van der Waals surface area (Å²) in [6, 6.07) is 0. The second kappa shape index (κ2) is 29.6. The molecule has 0 aromatic heterocycles. The van der Waals surface area contributed by atoms with Gasteiger partial charge in [-0.05, 0) is 170 Å². The van der Waals surface area contributed by atoms with Gasteiger partial charge in [0.25, 0.3) is 0 Å². The Morgan fingerprint density at radius 3 is 2.26 bits per heavy atom. The topological polar surface area (TPSA) is 30.9 Å². The lowest BCUT2D eigenvalue weighted by molar-refractivity contribution is -0.0823. The summed E-state index contributed by atoms with van der Waals surface area (Å²) in [7, 11) is 4.27. The second-order valence-corrected chi connectivity index (χ2v) is 22.6. The van der Waals surface area contributed by atoms with E-state index >= 15 is 0 Å². The van der Waals surface area contributed by atoms with Gasteiger partial charge < -0.3 is 19.1 Å². The molecular formula is C58H105NO3. The Bertz CT molecular complexity index is 1250. The molecule has 0 heterocycles. The quantitative estimate of drug-likeness (QED) is 0.0476. The standard InChI is InChI=1S/C58H105NO3/c1-10-12-14-15-16-17-19-23-30-50(31-24-20-18-21-25-43-60-44-27-42-59(8)9)61-45-39-51(32-22-13-11-2)62-52-37-40-57(6)49(46-52)33-34-53-55-36-35-54(48(5)29-26-28-47(3)4)58(55,7)41-38-56(53)57/h16-17,23,30,33,47-48,50-56H,10-15,18-22,24-29,31-32,34-46H2,1-9H3/b17-16-,30-23-/t48-,50?,51?,52?,53+,54-,55+,56+,57+,58-/m1/s1. The predicted molar refractivity (Wildman–Crippen MR) is 269 cm³/mol. The Morgan fingerprint density at radius 2 is 1.47 bits per heavy atom. The Labute approximate surface area is 387 Å². The molecule has 0 spiro atoms. The maximum Gasteiger partial charge on any atom is 0.0755 e. The van der Waals surface area contributed by atoms with Crippen LogP contribution in [0.5, 0.6) is 0 Å². The highest BCUT2D eigenvalue weighted by molar-refractivity contribution is 5.25. The molecule has 0 bridgehead atoms. The van der Waals surface area contributed by atoms with Crippen LogP contribution in [-0.2, 0) is 14.2 Å². The van der Waals surface area contributed by atoms with Crippen molar-refractivity contribution in [1.29, 1.82) is 0 Å². The molecule has 0 amide bonds. The highest BCUT2D eigenvalue weighted by Gasteiger charge is 2.59. The van der Waals surface area contributed by atoms with Crippen molar-refractivity contribution in [3.8, 4) is 0 Å². The summed E-state index contributed by atoms with van der Waals surface area (Å²) in [5, 5.41) is 0. The van der Waals surface area contributed by atoms with E-state index in [0.29, 0.717) is 23.0 Å². The molecule has 62 heavy (non-hydrogen) atoms. The number of allylic oxidation sites excluding steroid dienone is 4. The van der Waals surface area contributed by atoms with Crippen molar-refractivity contribution >= 4 is 0 Å². The molecule has 4 heteroatoms. The Morgan fingerprint density at radius 1 is 0.710 bits per heavy atom. The number of hydrogen-bond donors (Lipinski definition) is 0. The molecule has 0 radical (unpaired) electrons. The largest absolute Gasteiger partial charge is 0.381 e. The Kier molecular flexibility index (Phi) is 25.7. The molecule has 3 saturated carbocycles. The highest BCUT2D eigenvalue weighted by atomic mass is 16.5. The summed E-state index contributed by atoms with van der Waals surface area (Å²) in [5.41, 5.74) is 2.72. The third-order valence-corrected chi connectivity index (χ3v) is 17.0. The van der Waals surface area contributed by atoms with Crippen molar-refractivity contribution in [2.45, 2.75) is 247 Å². The molecule has 3 unspecified atom stereocenters. The molecule has 4 aliphatic rings. The minimum Gasteiger partial charge on any atom is -0.381 e. The third-order valence-electron chi connectivity index (χ3n) is 17.0. The van der Waals surface area contributed by atoms with Crippen LogP contribution in [0.25, 0.3) is 0 Å². The van der Waals surface area contributed by atoms with Crippen molar-refractivity contribution < 1.29 is 14.2 Å². The van der Waals surface area contributed by atoms with Gasteiger partial charge in [0, 0.05) is 19.8 Å². The average Bonchev–Trinajstić information content (AvgIpc) is 3.60. The van der Waals surface area contributed by atoms with E-state index in [1.165, 1.54) is 154 Å². The zero-order valence-electron chi connectivity index (χ0n) is 42.9. The minimum absolute atomic E-state index is 0.205. The molecule has 4 aliphatic carbocycles. The van der Waals surface area contributed by atoms with Crippen LogP contribution in [0, 0.1) is 46.3 Å². The number of hydrogen-bond acceptors (Lipinski definition) is 4. The first-order valence-corrected chi connectivity index (χ1v) is 27.5. The first kappa shape index (κ1) is 53.7. The van der Waals surface area contributed by atoms with E-state index in [1.54, 1.807) is 5.57 Å². The average molecular weight is 864 g/mol. The van der Waals surface area contributed by atoms with Crippen LogP contribution in [0.2, 0.25) is 0 Å². The maximum atomic E-state index is 7.19. The van der Waals surface area contributed by atoms with E-state index in [1.807, 2.05) is 0 Å². The molecule has 0 aromatic carbocycles. The maximum absolute atomic E-state index is 7.19. The van der Waals surface area contributed by atoms with Crippen molar-refractivity contribution in [3.63, 3.8) is 0 Å². The summed E-state index contributed by atoms with van der Waals surface area (Å²) in [5.74, 6) is 5.38. The first-order valence-electron chi connectivity index (χ1n) is 27.5. The molecule has 0 aliphatic heterocycles. The summed E-state index contributed by atoms with van der Waals surface area (Å²) >= 11 is 0. The zero-order valence-corrected chi connectivity index (χ0v) is 42.9. The van der Waals surface area contributed by atoms with Gasteiger partial charge in [-0.1, -0.05) is 161 Å². The Hall–Kier alpha value is -0.940. The summed E-state index contributed by atoms with van der Waals surface area (Å²) in [4.78, 5) is 2.23. The van der Waals surface area contributed by atoms with Crippen LogP contribution in [0.3, 0.4) is 0 Å². The SMILES string of the molecule is CCCCC/C=C\C/C=C\C(CCCCCCCOCCCN(C)C)OCCC(CCCCC)OC1CC[C@@]2(C)C(=CC[C@H]3[C@@H]4CC[C@H]([C@H](C)CCCC(C)C)[C@@]4(C)CC[C@@H]32)C1. The molecule has 10 atom stereocenters. The van der Waals surface area contributed by atoms with Crippen LogP contribution in [0.4, 0.5) is 0 Å². The van der Waals surface area contributed by atoms with E-state index in [2.05, 4.69) is 97.8 Å². The van der Waals surface area contributed by atoms with E-state index in [0.717, 1.165) is 87.6 Å². The van der Waals surface area contributed by atoms with Crippen LogP contribution < -0.4 is 0 Å². The molecule has 4 rings (SSSR count). The highest BCUT2D eigenvalue weighted by Crippen LogP contribution is 2.67. The molecule has 360 valence electrons. The number of nitrogens with zero attached hydrogens (tertiary/aromatic N) is 1. The lowest BCUT2D eigenvalue weighted by Crippen LogP contribution is -2.51. The molecule has 0 N–H and O–H groups in total. The molecule has 0 saturated heterocycles. The number of unbranched alkanes of at least 4 members (excludes halogenated alkanes) is 9. The summed E-state index contributed by atoms with van der Waals surface area (Å²) in [6.07, 6.45) is 49.1. The van der Waals surface area contributed by atoms with Gasteiger partial charge in [0.1, 0.15) is 0 Å². The summed E-state index contributed by atoms with van der Waals surface area (Å²) in [6.45, 7) is 21.2. The third kappa shape index (κ3) is 17.7. The normalized spacial score (nSPS) is 29.0. The van der Waals surface area contributed by atoms with Gasteiger partial charge in [-0.3, -0.25) is 0 Å². The molecule has 3 fully saturated rings. The van der Waals surface area contributed by atoms with Crippen LogP contribution >= 0.6 is 0 Å². The van der Waals surface area contributed by atoms with E-state index < -0.39 is 0 Å². The fourth-order valence-corrected chi connectivity index (χ4v) is 13.2. The van der Waals surface area contributed by atoms with Crippen molar-refractivity contribution in [1.82, 2.24) is 4.90 Å². The van der Waals surface area contributed by atoms with Gasteiger partial charge in [-0.2, -0.15) is 0 Å². The van der Waals surface area contributed by atoms with Crippen molar-refractivity contribution in [2.24, 2.45) is 46.3 Å². The van der Waals surface area contributed by atoms with E-state index in [-0.39, 0.29) is 6.10 Å². The second-order valence-electron chi connectivity index (χ2n) is 22.6. The van der Waals surface area contributed by atoms with Gasteiger partial charge in [0.2, 0.25) is 0 Å². The van der Waals surface area contributed by atoms with Crippen LogP contribution in [0.15, 0.2) is 36.0 Å². The van der Waals surface area contributed by atoms with E-state index in [4.69, 9.17) is 14.2 Å². The van der Waals surface area contributed by atoms with Gasteiger partial charge >= 0.3 is 0 Å². The van der Waals surface area contributed by atoms with Gasteiger partial charge in [-0.25, -0.2) is 0 Å². The van der Waals surface area contributed by atoms with Crippen molar-refractivity contribution in [2.75, 3.05) is 40.5 Å². The van der Waals surface area contributed by atoms with E-state index in [9.17, 15) is 0 Å². The molecule has 4 nitrogen and oxygen atoms in total. The number of ether oxygens (including phenoxy) is 3. The lowest BCUT2D eigenvalue weighted by atomic mass is 9.47. The van der Waals surface area contributed by atoms with Gasteiger partial charge in [0.05, 0.1) is 18.3 Å². The smallest absolute Gasteiger partial charge is 0.0755 e. The molecular weight excluding hydrogens is 759 g/mol. The molecule has 0 aromatic rings. The number of fused-ring (bicyclic) bond motifs is 5. The predicted octanol–water partition coefficient (Wildman–Crippen LogP) is 16.5. The minimum atomic E-state index is 0.205. The fraction of sp³-hybridized carbons (Fsp3) is 0.897.